The van der Waals surface area contributed by atoms with Crippen LogP contribution in [-0.4, -0.2) is 28.5 Å². The lowest BCUT2D eigenvalue weighted by atomic mass is 10.1. The first kappa shape index (κ1) is 24.6. The van der Waals surface area contributed by atoms with Gasteiger partial charge in [-0.05, 0) is 48.6 Å². The Morgan fingerprint density at radius 3 is 1.27 bits per heavy atom. The monoisotopic (exact) mass is 426 g/mol. The maximum atomic E-state index is 2.69. The Bertz CT molecular complexity index is 493. The van der Waals surface area contributed by atoms with Crippen molar-refractivity contribution in [1.29, 1.82) is 0 Å². The number of hydrogen-bond donors (Lipinski definition) is 0. The van der Waals surface area contributed by atoms with E-state index in [4.69, 9.17) is 0 Å². The third-order valence-corrected chi connectivity index (χ3v) is 12.0. The Kier molecular flexibility index (Phi) is 10.9. The highest BCUT2D eigenvalue weighted by Gasteiger charge is 2.28. The van der Waals surface area contributed by atoms with Crippen molar-refractivity contribution < 1.29 is 0 Å². The summed E-state index contributed by atoms with van der Waals surface area (Å²) in [6.45, 7) is 19.9. The van der Waals surface area contributed by atoms with Gasteiger partial charge in [0, 0.05) is 0 Å². The summed E-state index contributed by atoms with van der Waals surface area (Å²) in [7, 11) is -0.378. The zero-order valence-corrected chi connectivity index (χ0v) is 22.8. The van der Waals surface area contributed by atoms with Crippen LogP contribution in [0.3, 0.4) is 0 Å². The fourth-order valence-corrected chi connectivity index (χ4v) is 11.3. The maximum absolute atomic E-state index is 2.69. The van der Waals surface area contributed by atoms with E-state index in [-0.39, 0.29) is 0 Å². The van der Waals surface area contributed by atoms with Crippen molar-refractivity contribution >= 4 is 43.7 Å². The summed E-state index contributed by atoms with van der Waals surface area (Å²) in [4.78, 5) is 0. The minimum absolute atomic E-state index is 1.11. The summed E-state index contributed by atoms with van der Waals surface area (Å²) in [6, 6.07) is 5.39. The standard InChI is InChI=1S/C22H44P2Si2/c1-9-11-13-23-17-19-15-21(25(3,4)5)22(26(6,7)8)16-20(19)18-24-14-12-10-2/h15-16,23-24H,9-14,17-18H2,1-8H3. The highest BCUT2D eigenvalue weighted by molar-refractivity contribution is 7.37. The molecule has 2 unspecified atom stereocenters. The summed E-state index contributed by atoms with van der Waals surface area (Å²) in [5.74, 6) is 0. The number of unbranched alkanes of at least 4 members (excludes halogenated alkanes) is 2. The molecule has 1 aromatic carbocycles. The van der Waals surface area contributed by atoms with Crippen LogP contribution in [0.15, 0.2) is 12.1 Å². The van der Waals surface area contributed by atoms with E-state index in [1.165, 1.54) is 50.3 Å². The second-order valence-corrected chi connectivity index (χ2v) is 22.5. The first-order valence-electron chi connectivity index (χ1n) is 10.7. The van der Waals surface area contributed by atoms with Gasteiger partial charge in [0.15, 0.2) is 0 Å². The van der Waals surface area contributed by atoms with Crippen molar-refractivity contribution in [1.82, 2.24) is 0 Å². The molecule has 0 aromatic heterocycles. The molecular formula is C22H44P2Si2. The molecule has 0 amide bonds. The smallest absolute Gasteiger partial charge is 0.0774 e. The fraction of sp³-hybridized carbons (Fsp3) is 0.727. The summed E-state index contributed by atoms with van der Waals surface area (Å²) < 4.78 is 0. The minimum Gasteiger partial charge on any atom is -0.118 e. The van der Waals surface area contributed by atoms with Crippen molar-refractivity contribution in [3.8, 4) is 0 Å². The van der Waals surface area contributed by atoms with Crippen LogP contribution in [-0.2, 0) is 12.3 Å². The second-order valence-electron chi connectivity index (χ2n) is 9.73. The SMILES string of the molecule is CCCCPCc1cc([Si](C)(C)C)c([Si](C)(C)C)cc1CPCCCC. The molecule has 0 N–H and O–H groups in total. The van der Waals surface area contributed by atoms with Crippen LogP contribution >= 0.6 is 17.2 Å². The Balaban J connectivity index is 3.19. The van der Waals surface area contributed by atoms with Crippen molar-refractivity contribution in [2.45, 2.75) is 91.1 Å². The normalized spacial score (nSPS) is 13.5. The topological polar surface area (TPSA) is 0 Å². The molecule has 4 heteroatoms. The van der Waals surface area contributed by atoms with E-state index in [9.17, 15) is 0 Å². The van der Waals surface area contributed by atoms with E-state index in [0.717, 1.165) is 17.2 Å². The van der Waals surface area contributed by atoms with Gasteiger partial charge >= 0.3 is 0 Å². The van der Waals surface area contributed by atoms with E-state index in [0.29, 0.717) is 0 Å². The van der Waals surface area contributed by atoms with Crippen LogP contribution in [0, 0.1) is 0 Å². The molecule has 150 valence electrons. The Hall–Kier alpha value is 0.514. The van der Waals surface area contributed by atoms with Gasteiger partial charge in [0.2, 0.25) is 0 Å². The highest BCUT2D eigenvalue weighted by Crippen LogP contribution is 2.28. The maximum Gasteiger partial charge on any atom is 0.0774 e. The predicted octanol–water partition coefficient (Wildman–Crippen LogP) is 6.73. The number of hydrogen-bond acceptors (Lipinski definition) is 0. The molecule has 0 bridgehead atoms. The van der Waals surface area contributed by atoms with Gasteiger partial charge in [-0.3, -0.25) is 0 Å². The largest absolute Gasteiger partial charge is 0.118 e. The summed E-state index contributed by atoms with van der Waals surface area (Å²) >= 11 is 0. The molecular weight excluding hydrogens is 382 g/mol. The van der Waals surface area contributed by atoms with Crippen LogP contribution in [0.2, 0.25) is 39.3 Å². The van der Waals surface area contributed by atoms with E-state index >= 15 is 0 Å². The van der Waals surface area contributed by atoms with Crippen LogP contribution in [0.25, 0.3) is 0 Å². The first-order valence-corrected chi connectivity index (χ1v) is 20.5. The minimum atomic E-state index is -1.30. The molecule has 0 aliphatic rings. The lowest BCUT2D eigenvalue weighted by Crippen LogP contribution is -2.56. The molecule has 0 aliphatic heterocycles. The zero-order chi connectivity index (χ0) is 19.8. The van der Waals surface area contributed by atoms with Gasteiger partial charge in [0.1, 0.15) is 0 Å². The average Bonchev–Trinajstić information content (AvgIpc) is 2.54. The van der Waals surface area contributed by atoms with E-state index < -0.39 is 16.1 Å². The summed E-state index contributed by atoms with van der Waals surface area (Å²) in [5, 5.41) is 3.54. The average molecular weight is 427 g/mol. The molecule has 0 saturated heterocycles. The van der Waals surface area contributed by atoms with Gasteiger partial charge in [-0.2, -0.15) is 0 Å². The third kappa shape index (κ3) is 8.26. The van der Waals surface area contributed by atoms with Gasteiger partial charge in [-0.15, -0.1) is 17.2 Å². The molecule has 0 radical (unpaired) electrons. The molecule has 26 heavy (non-hydrogen) atoms. The van der Waals surface area contributed by atoms with Crippen LogP contribution in [0.1, 0.15) is 50.7 Å². The highest BCUT2D eigenvalue weighted by atomic mass is 31.1. The molecule has 0 nitrogen and oxygen atoms in total. The number of benzene rings is 1. The van der Waals surface area contributed by atoms with Gasteiger partial charge in [-0.1, -0.05) is 88.5 Å². The molecule has 0 spiro atoms. The van der Waals surface area contributed by atoms with Crippen molar-refractivity contribution in [3.63, 3.8) is 0 Å². The van der Waals surface area contributed by atoms with Gasteiger partial charge < -0.3 is 0 Å². The Morgan fingerprint density at radius 2 is 1.00 bits per heavy atom. The molecule has 0 aliphatic carbocycles. The quantitative estimate of drug-likeness (QED) is 0.197. The van der Waals surface area contributed by atoms with E-state index in [2.05, 4.69) is 65.3 Å². The lowest BCUT2D eigenvalue weighted by Gasteiger charge is -2.30. The lowest BCUT2D eigenvalue weighted by molar-refractivity contribution is 0.892. The molecule has 1 aromatic rings. The summed E-state index contributed by atoms with van der Waals surface area (Å²) in [6.07, 6.45) is 11.0. The Labute approximate surface area is 170 Å². The van der Waals surface area contributed by atoms with Crippen LogP contribution in [0.5, 0.6) is 0 Å². The van der Waals surface area contributed by atoms with E-state index in [1.807, 2.05) is 0 Å². The van der Waals surface area contributed by atoms with Crippen molar-refractivity contribution in [2.24, 2.45) is 0 Å². The van der Waals surface area contributed by atoms with Crippen molar-refractivity contribution in [2.75, 3.05) is 12.3 Å². The molecule has 1 rings (SSSR count). The van der Waals surface area contributed by atoms with Crippen molar-refractivity contribution in [3.05, 3.63) is 23.3 Å². The van der Waals surface area contributed by atoms with Crippen LogP contribution in [0.4, 0.5) is 0 Å². The third-order valence-electron chi connectivity index (χ3n) is 5.00. The van der Waals surface area contributed by atoms with Gasteiger partial charge in [0.25, 0.3) is 0 Å². The summed E-state index contributed by atoms with van der Waals surface area (Å²) in [5.41, 5.74) is 3.42. The zero-order valence-electron chi connectivity index (χ0n) is 18.8. The fourth-order valence-electron chi connectivity index (χ4n) is 3.31. The van der Waals surface area contributed by atoms with Crippen LogP contribution < -0.4 is 10.4 Å². The molecule has 0 heterocycles. The number of rotatable bonds is 12. The van der Waals surface area contributed by atoms with E-state index in [1.54, 1.807) is 21.5 Å². The predicted molar refractivity (Wildman–Crippen MR) is 136 cm³/mol. The Morgan fingerprint density at radius 1 is 0.654 bits per heavy atom. The van der Waals surface area contributed by atoms with Gasteiger partial charge in [-0.25, -0.2) is 0 Å². The second kappa shape index (κ2) is 11.5. The molecule has 0 saturated carbocycles. The van der Waals surface area contributed by atoms with Gasteiger partial charge in [0.05, 0.1) is 16.1 Å². The molecule has 0 fully saturated rings. The first-order chi connectivity index (χ1) is 12.1. The molecule has 2 atom stereocenters.